The first-order valence-electron chi connectivity index (χ1n) is 9.27. The Hall–Kier alpha value is -2.54. The van der Waals surface area contributed by atoms with Gasteiger partial charge >= 0.3 is 0 Å². The first kappa shape index (κ1) is 16.6. The van der Waals surface area contributed by atoms with E-state index in [2.05, 4.69) is 5.10 Å². The average Bonchev–Trinajstić information content (AvgIpc) is 3.37. The van der Waals surface area contributed by atoms with Gasteiger partial charge in [0.25, 0.3) is 0 Å². The average molecular weight is 369 g/mol. The highest BCUT2D eigenvalue weighted by molar-refractivity contribution is 6.23. The second-order valence-electron chi connectivity index (χ2n) is 7.66. The minimum Gasteiger partial charge on any atom is -0.373 e. The van der Waals surface area contributed by atoms with Crippen molar-refractivity contribution in [3.05, 3.63) is 47.0 Å². The molecule has 2 amide bonds. The fraction of sp³-hybridized carbons (Fsp3) is 0.450. The van der Waals surface area contributed by atoms with E-state index in [4.69, 9.17) is 4.74 Å². The molecule has 27 heavy (non-hydrogen) atoms. The fourth-order valence-corrected chi connectivity index (χ4v) is 4.86. The van der Waals surface area contributed by atoms with Gasteiger partial charge in [-0.05, 0) is 44.4 Å². The third kappa shape index (κ3) is 2.31. The number of fused-ring (bicyclic) bond motifs is 5. The molecule has 0 saturated carbocycles. The Bertz CT molecular complexity index is 924. The third-order valence-electron chi connectivity index (χ3n) is 6.10. The molecule has 140 valence electrons. The first-order valence-corrected chi connectivity index (χ1v) is 9.27. The fourth-order valence-electron chi connectivity index (χ4n) is 4.86. The lowest BCUT2D eigenvalue weighted by molar-refractivity contribution is -0.124. The monoisotopic (exact) mass is 369 g/mol. The second kappa shape index (κ2) is 5.73. The van der Waals surface area contributed by atoms with Gasteiger partial charge in [0.05, 0.1) is 47.7 Å². The smallest absolute Gasteiger partial charge is 0.240 e. The standard InChI is InChI=1S/C20H20FN3O3/c1-10-18(11(2)23(22-10)9-12-3-5-13(21)6-4-12)24-19(25)16-14-7-8-15(27-14)17(16)20(24)26/h3-6,14-17H,7-9H2,1-2H3/t14-,15-,16-,17-/m1/s1. The summed E-state index contributed by atoms with van der Waals surface area (Å²) in [5.41, 5.74) is 2.88. The highest BCUT2D eigenvalue weighted by Crippen LogP contribution is 2.50. The van der Waals surface area contributed by atoms with Crippen molar-refractivity contribution in [3.63, 3.8) is 0 Å². The maximum Gasteiger partial charge on any atom is 0.240 e. The lowest BCUT2D eigenvalue weighted by Gasteiger charge is -2.18. The van der Waals surface area contributed by atoms with E-state index in [0.29, 0.717) is 17.9 Å². The largest absolute Gasteiger partial charge is 0.373 e. The van der Waals surface area contributed by atoms with E-state index >= 15 is 0 Å². The first-order chi connectivity index (χ1) is 13.0. The number of rotatable bonds is 3. The number of aromatic nitrogens is 2. The van der Waals surface area contributed by atoms with Gasteiger partial charge in [-0.1, -0.05) is 12.1 Å². The van der Waals surface area contributed by atoms with Gasteiger partial charge in [0.2, 0.25) is 11.8 Å². The van der Waals surface area contributed by atoms with Gasteiger partial charge in [0, 0.05) is 0 Å². The van der Waals surface area contributed by atoms with Crippen LogP contribution in [-0.4, -0.2) is 33.8 Å². The van der Waals surface area contributed by atoms with Crippen LogP contribution >= 0.6 is 0 Å². The Kier molecular flexibility index (Phi) is 3.53. The number of halogens is 1. The minimum atomic E-state index is -0.351. The lowest BCUT2D eigenvalue weighted by atomic mass is 9.81. The summed E-state index contributed by atoms with van der Waals surface area (Å²) in [5.74, 6) is -1.31. The molecule has 7 heteroatoms. The SMILES string of the molecule is Cc1nn(Cc2ccc(F)cc2)c(C)c1N1C(=O)[C@H]2[C@H](C1=O)[C@H]1CC[C@H]2O1. The summed E-state index contributed by atoms with van der Waals surface area (Å²) < 4.78 is 20.7. The normalized spacial score (nSPS) is 29.1. The molecule has 0 aliphatic carbocycles. The zero-order valence-electron chi connectivity index (χ0n) is 15.2. The quantitative estimate of drug-likeness (QED) is 0.779. The Morgan fingerprint density at radius 3 is 2.26 bits per heavy atom. The molecule has 6 nitrogen and oxygen atoms in total. The van der Waals surface area contributed by atoms with Crippen LogP contribution in [0.4, 0.5) is 10.1 Å². The zero-order valence-corrected chi connectivity index (χ0v) is 15.2. The Balaban J connectivity index is 1.49. The van der Waals surface area contributed by atoms with Crippen LogP contribution in [0.1, 0.15) is 29.8 Å². The van der Waals surface area contributed by atoms with E-state index in [9.17, 15) is 14.0 Å². The Morgan fingerprint density at radius 2 is 1.67 bits per heavy atom. The molecule has 2 bridgehead atoms. The molecular weight excluding hydrogens is 349 g/mol. The maximum absolute atomic E-state index is 13.1. The van der Waals surface area contributed by atoms with Crippen molar-refractivity contribution in [1.82, 2.24) is 9.78 Å². The van der Waals surface area contributed by atoms with E-state index in [1.54, 1.807) is 16.8 Å². The number of carbonyl (C=O) groups excluding carboxylic acids is 2. The molecule has 4 heterocycles. The predicted molar refractivity (Wildman–Crippen MR) is 94.6 cm³/mol. The summed E-state index contributed by atoms with van der Waals surface area (Å²) in [6, 6.07) is 6.23. The van der Waals surface area contributed by atoms with Crippen molar-refractivity contribution in [2.45, 2.75) is 45.4 Å². The number of hydrogen-bond donors (Lipinski definition) is 0. The summed E-state index contributed by atoms with van der Waals surface area (Å²) in [6.45, 7) is 4.12. The molecule has 0 spiro atoms. The molecule has 2 aromatic rings. The van der Waals surface area contributed by atoms with Gasteiger partial charge in [0.1, 0.15) is 5.82 Å². The number of aryl methyl sites for hydroxylation is 1. The summed E-state index contributed by atoms with van der Waals surface area (Å²) in [4.78, 5) is 27.4. The molecule has 0 radical (unpaired) electrons. The Morgan fingerprint density at radius 1 is 1.07 bits per heavy atom. The summed E-state index contributed by atoms with van der Waals surface area (Å²) in [5, 5.41) is 4.53. The van der Waals surface area contributed by atoms with Crippen LogP contribution in [0.25, 0.3) is 0 Å². The van der Waals surface area contributed by atoms with Crippen LogP contribution in [0.3, 0.4) is 0 Å². The molecule has 3 aliphatic heterocycles. The van der Waals surface area contributed by atoms with Crippen LogP contribution in [0.15, 0.2) is 24.3 Å². The lowest BCUT2D eigenvalue weighted by Crippen LogP contribution is -2.35. The van der Waals surface area contributed by atoms with Gasteiger partial charge in [-0.3, -0.25) is 14.3 Å². The summed E-state index contributed by atoms with van der Waals surface area (Å²) in [6.07, 6.45) is 1.44. The molecular formula is C20H20FN3O3. The zero-order chi connectivity index (χ0) is 18.9. The van der Waals surface area contributed by atoms with Gasteiger partial charge < -0.3 is 4.74 Å². The number of imide groups is 1. The number of nitrogens with zero attached hydrogens (tertiary/aromatic N) is 3. The number of benzene rings is 1. The van der Waals surface area contributed by atoms with Gasteiger partial charge in [-0.2, -0.15) is 5.10 Å². The maximum atomic E-state index is 13.1. The molecule has 0 unspecified atom stereocenters. The molecule has 1 aromatic carbocycles. The van der Waals surface area contributed by atoms with E-state index in [1.165, 1.54) is 17.0 Å². The van der Waals surface area contributed by atoms with Crippen molar-refractivity contribution in [2.75, 3.05) is 4.90 Å². The van der Waals surface area contributed by atoms with Gasteiger partial charge in [-0.25, -0.2) is 9.29 Å². The van der Waals surface area contributed by atoms with E-state index in [1.807, 2.05) is 13.8 Å². The van der Waals surface area contributed by atoms with E-state index in [0.717, 1.165) is 24.1 Å². The number of anilines is 1. The van der Waals surface area contributed by atoms with Crippen molar-refractivity contribution >= 4 is 17.5 Å². The second-order valence-corrected chi connectivity index (χ2v) is 7.66. The predicted octanol–water partition coefficient (Wildman–Crippen LogP) is 2.35. The van der Waals surface area contributed by atoms with Crippen LogP contribution in [0.5, 0.6) is 0 Å². The van der Waals surface area contributed by atoms with Crippen LogP contribution in [0, 0.1) is 31.5 Å². The van der Waals surface area contributed by atoms with Gasteiger partial charge in [-0.15, -0.1) is 0 Å². The third-order valence-corrected chi connectivity index (χ3v) is 6.10. The van der Waals surface area contributed by atoms with Crippen LogP contribution < -0.4 is 4.90 Å². The number of hydrogen-bond acceptors (Lipinski definition) is 4. The topological polar surface area (TPSA) is 64.4 Å². The summed E-state index contributed by atoms with van der Waals surface area (Å²) >= 11 is 0. The van der Waals surface area contributed by atoms with Gasteiger partial charge in [0.15, 0.2) is 0 Å². The molecule has 5 rings (SSSR count). The number of ether oxygens (including phenoxy) is 1. The van der Waals surface area contributed by atoms with E-state index < -0.39 is 0 Å². The highest BCUT2D eigenvalue weighted by Gasteiger charge is 2.63. The molecule has 3 fully saturated rings. The molecule has 3 aliphatic rings. The Labute approximate surface area is 155 Å². The van der Waals surface area contributed by atoms with E-state index in [-0.39, 0.29) is 41.7 Å². The minimum absolute atomic E-state index is 0.128. The highest BCUT2D eigenvalue weighted by atomic mass is 19.1. The number of carbonyl (C=O) groups is 2. The van der Waals surface area contributed by atoms with Crippen LogP contribution in [0.2, 0.25) is 0 Å². The van der Waals surface area contributed by atoms with Crippen molar-refractivity contribution in [2.24, 2.45) is 11.8 Å². The molecule has 0 N–H and O–H groups in total. The number of amides is 2. The molecule has 1 aromatic heterocycles. The van der Waals surface area contributed by atoms with Crippen molar-refractivity contribution in [1.29, 1.82) is 0 Å². The van der Waals surface area contributed by atoms with Crippen LogP contribution in [-0.2, 0) is 20.9 Å². The molecule has 4 atom stereocenters. The molecule has 3 saturated heterocycles. The summed E-state index contributed by atoms with van der Waals surface area (Å²) in [7, 11) is 0. The van der Waals surface area contributed by atoms with Crippen molar-refractivity contribution < 1.29 is 18.7 Å². The van der Waals surface area contributed by atoms with Crippen molar-refractivity contribution in [3.8, 4) is 0 Å².